The summed E-state index contributed by atoms with van der Waals surface area (Å²) in [6, 6.07) is 11.1. The van der Waals surface area contributed by atoms with Gasteiger partial charge >= 0.3 is 0 Å². The number of rotatable bonds is 6. The number of nitrogens with one attached hydrogen (secondary N) is 1. The van der Waals surface area contributed by atoms with Crippen LogP contribution in [0.1, 0.15) is 6.42 Å². The lowest BCUT2D eigenvalue weighted by Crippen LogP contribution is -2.23. The number of hydrogen-bond acceptors (Lipinski definition) is 4. The molecule has 0 fully saturated rings. The van der Waals surface area contributed by atoms with E-state index in [0.29, 0.717) is 17.9 Å². The van der Waals surface area contributed by atoms with E-state index >= 15 is 0 Å². The van der Waals surface area contributed by atoms with E-state index in [0.717, 1.165) is 13.0 Å². The SMILES string of the molecule is O=c1c(Cl)c(NCCCn2cccn2)cnn1-c1ccccc1. The molecule has 0 bridgehead atoms. The third-order valence-electron chi connectivity index (χ3n) is 3.36. The molecule has 7 heteroatoms. The van der Waals surface area contributed by atoms with Crippen LogP contribution in [-0.4, -0.2) is 26.1 Å². The zero-order valence-corrected chi connectivity index (χ0v) is 13.1. The van der Waals surface area contributed by atoms with Crippen LogP contribution in [0.4, 0.5) is 5.69 Å². The predicted molar refractivity (Wildman–Crippen MR) is 90.2 cm³/mol. The van der Waals surface area contributed by atoms with E-state index < -0.39 is 0 Å². The lowest BCUT2D eigenvalue weighted by Gasteiger charge is -2.10. The first kappa shape index (κ1) is 15.3. The Kier molecular flexibility index (Phi) is 4.73. The van der Waals surface area contributed by atoms with Gasteiger partial charge in [0, 0.05) is 25.5 Å². The van der Waals surface area contributed by atoms with Gasteiger partial charge in [-0.1, -0.05) is 29.8 Å². The molecule has 0 saturated carbocycles. The first-order chi connectivity index (χ1) is 11.3. The first-order valence-electron chi connectivity index (χ1n) is 7.30. The van der Waals surface area contributed by atoms with Crippen LogP contribution in [0.5, 0.6) is 0 Å². The molecule has 2 aromatic heterocycles. The fourth-order valence-electron chi connectivity index (χ4n) is 2.21. The zero-order chi connectivity index (χ0) is 16.1. The second kappa shape index (κ2) is 7.11. The van der Waals surface area contributed by atoms with Gasteiger partial charge < -0.3 is 5.32 Å². The Morgan fingerprint density at radius 3 is 2.70 bits per heavy atom. The molecule has 0 aliphatic heterocycles. The summed E-state index contributed by atoms with van der Waals surface area (Å²) in [6.45, 7) is 1.47. The first-order valence-corrected chi connectivity index (χ1v) is 7.68. The molecule has 0 aliphatic carbocycles. The van der Waals surface area contributed by atoms with Gasteiger partial charge in [0.2, 0.25) is 0 Å². The van der Waals surface area contributed by atoms with Crippen molar-refractivity contribution in [2.24, 2.45) is 0 Å². The van der Waals surface area contributed by atoms with Gasteiger partial charge in [0.15, 0.2) is 0 Å². The summed E-state index contributed by atoms with van der Waals surface area (Å²) in [7, 11) is 0. The largest absolute Gasteiger partial charge is 0.382 e. The van der Waals surface area contributed by atoms with Crippen LogP contribution in [0, 0.1) is 0 Å². The summed E-state index contributed by atoms with van der Waals surface area (Å²) >= 11 is 6.17. The number of nitrogens with zero attached hydrogens (tertiary/aromatic N) is 4. The van der Waals surface area contributed by atoms with Crippen molar-refractivity contribution in [1.82, 2.24) is 19.6 Å². The van der Waals surface area contributed by atoms with E-state index in [2.05, 4.69) is 15.5 Å². The molecule has 6 nitrogen and oxygen atoms in total. The van der Waals surface area contributed by atoms with Gasteiger partial charge in [-0.3, -0.25) is 9.48 Å². The highest BCUT2D eigenvalue weighted by atomic mass is 35.5. The molecule has 3 aromatic rings. The number of aryl methyl sites for hydroxylation is 1. The van der Waals surface area contributed by atoms with E-state index in [9.17, 15) is 4.79 Å². The number of aromatic nitrogens is 4. The molecule has 0 unspecified atom stereocenters. The van der Waals surface area contributed by atoms with Crippen molar-refractivity contribution in [2.45, 2.75) is 13.0 Å². The lowest BCUT2D eigenvalue weighted by atomic mass is 10.3. The molecule has 1 N–H and O–H groups in total. The van der Waals surface area contributed by atoms with Crippen LogP contribution in [0.25, 0.3) is 5.69 Å². The molecule has 3 rings (SSSR count). The number of anilines is 1. The molecule has 2 heterocycles. The second-order valence-corrected chi connectivity index (χ2v) is 5.35. The van der Waals surface area contributed by atoms with Crippen LogP contribution >= 0.6 is 11.6 Å². The average Bonchev–Trinajstić information content (AvgIpc) is 3.09. The van der Waals surface area contributed by atoms with Crippen molar-refractivity contribution in [3.05, 3.63) is 70.4 Å². The highest BCUT2D eigenvalue weighted by Gasteiger charge is 2.10. The summed E-state index contributed by atoms with van der Waals surface area (Å²) in [5.74, 6) is 0. The van der Waals surface area contributed by atoms with Gasteiger partial charge in [-0.15, -0.1) is 0 Å². The van der Waals surface area contributed by atoms with Crippen LogP contribution < -0.4 is 10.9 Å². The summed E-state index contributed by atoms with van der Waals surface area (Å²) in [5.41, 5.74) is 0.892. The van der Waals surface area contributed by atoms with Gasteiger partial charge in [0.25, 0.3) is 5.56 Å². The Balaban J connectivity index is 1.67. The average molecular weight is 330 g/mol. The van der Waals surface area contributed by atoms with E-state index in [1.165, 1.54) is 4.68 Å². The summed E-state index contributed by atoms with van der Waals surface area (Å²) in [5, 5.41) is 11.6. The summed E-state index contributed by atoms with van der Waals surface area (Å²) in [4.78, 5) is 12.3. The van der Waals surface area contributed by atoms with Crippen molar-refractivity contribution in [3.8, 4) is 5.69 Å². The smallest absolute Gasteiger partial charge is 0.292 e. The van der Waals surface area contributed by atoms with Crippen LogP contribution in [0.3, 0.4) is 0 Å². The van der Waals surface area contributed by atoms with Gasteiger partial charge in [-0.25, -0.2) is 0 Å². The minimum atomic E-state index is -0.338. The van der Waals surface area contributed by atoms with Gasteiger partial charge in [0.1, 0.15) is 5.02 Å². The van der Waals surface area contributed by atoms with Crippen LogP contribution in [-0.2, 0) is 6.54 Å². The molecular formula is C16H16ClN5O. The van der Waals surface area contributed by atoms with Crippen molar-refractivity contribution >= 4 is 17.3 Å². The summed E-state index contributed by atoms with van der Waals surface area (Å²) in [6.07, 6.45) is 6.09. The van der Waals surface area contributed by atoms with E-state index in [-0.39, 0.29) is 10.6 Å². The van der Waals surface area contributed by atoms with Crippen molar-refractivity contribution in [3.63, 3.8) is 0 Å². The lowest BCUT2D eigenvalue weighted by molar-refractivity contribution is 0.591. The number of hydrogen-bond donors (Lipinski definition) is 1. The Bertz CT molecular complexity index is 814. The minimum absolute atomic E-state index is 0.142. The standard InChI is InChI=1S/C16H16ClN5O/c17-15-14(18-8-4-10-21-11-5-9-19-21)12-20-22(16(15)23)13-6-2-1-3-7-13/h1-3,5-7,9,11-12,18H,4,8,10H2. The second-order valence-electron chi connectivity index (χ2n) is 4.97. The Morgan fingerprint density at radius 1 is 1.13 bits per heavy atom. The normalized spacial score (nSPS) is 10.7. The number of para-hydroxylation sites is 1. The van der Waals surface area contributed by atoms with E-state index in [1.54, 1.807) is 12.4 Å². The van der Waals surface area contributed by atoms with Gasteiger partial charge in [0.05, 0.1) is 17.6 Å². The number of benzene rings is 1. The molecular weight excluding hydrogens is 314 g/mol. The maximum atomic E-state index is 12.3. The van der Waals surface area contributed by atoms with Gasteiger partial charge in [-0.05, 0) is 24.6 Å². The number of halogens is 1. The van der Waals surface area contributed by atoms with Gasteiger partial charge in [-0.2, -0.15) is 14.9 Å². The maximum absolute atomic E-state index is 12.3. The monoisotopic (exact) mass is 329 g/mol. The van der Waals surface area contributed by atoms with Crippen LogP contribution in [0.15, 0.2) is 59.8 Å². The molecule has 0 saturated heterocycles. The molecule has 0 aliphatic rings. The molecule has 0 spiro atoms. The Morgan fingerprint density at radius 2 is 1.96 bits per heavy atom. The van der Waals surface area contributed by atoms with Crippen molar-refractivity contribution in [1.29, 1.82) is 0 Å². The molecule has 0 radical (unpaired) electrons. The van der Waals surface area contributed by atoms with E-state index in [4.69, 9.17) is 11.6 Å². The molecule has 1 aromatic carbocycles. The quantitative estimate of drug-likeness (QED) is 0.706. The summed E-state index contributed by atoms with van der Waals surface area (Å²) < 4.78 is 3.15. The predicted octanol–water partition coefficient (Wildman–Crippen LogP) is 2.58. The third kappa shape index (κ3) is 3.60. The minimum Gasteiger partial charge on any atom is -0.382 e. The molecule has 118 valence electrons. The highest BCUT2D eigenvalue weighted by Crippen LogP contribution is 2.16. The van der Waals surface area contributed by atoms with Crippen molar-refractivity contribution < 1.29 is 0 Å². The third-order valence-corrected chi connectivity index (χ3v) is 3.72. The Hall–Kier alpha value is -2.60. The maximum Gasteiger partial charge on any atom is 0.292 e. The van der Waals surface area contributed by atoms with Crippen molar-refractivity contribution in [2.75, 3.05) is 11.9 Å². The molecule has 23 heavy (non-hydrogen) atoms. The van der Waals surface area contributed by atoms with Crippen LogP contribution in [0.2, 0.25) is 5.02 Å². The molecule has 0 atom stereocenters. The fraction of sp³-hybridized carbons (Fsp3) is 0.188. The fourth-order valence-corrected chi connectivity index (χ4v) is 2.40. The van der Waals surface area contributed by atoms with E-state index in [1.807, 2.05) is 47.3 Å². The topological polar surface area (TPSA) is 64.7 Å². The Labute approximate surface area is 138 Å². The zero-order valence-electron chi connectivity index (χ0n) is 12.4. The molecule has 0 amide bonds. The highest BCUT2D eigenvalue weighted by molar-refractivity contribution is 6.32.